The summed E-state index contributed by atoms with van der Waals surface area (Å²) in [5, 5.41) is 9.16. The molecule has 1 rings (SSSR count). The summed E-state index contributed by atoms with van der Waals surface area (Å²) < 4.78 is 11.8. The Bertz CT molecular complexity index is 437. The molecule has 5 heteroatoms. The van der Waals surface area contributed by atoms with E-state index in [1.54, 1.807) is 7.11 Å². The second kappa shape index (κ2) is 5.67. The zero-order valence-corrected chi connectivity index (χ0v) is 13.0. The largest absolute Gasteiger partial charge is 0.496 e. The highest BCUT2D eigenvalue weighted by Gasteiger charge is 2.22. The highest BCUT2D eigenvalue weighted by molar-refractivity contribution is 9.10. The van der Waals surface area contributed by atoms with Crippen molar-refractivity contribution in [2.45, 2.75) is 25.7 Å². The van der Waals surface area contributed by atoms with Crippen molar-refractivity contribution in [2.24, 2.45) is 0 Å². The lowest BCUT2D eigenvalue weighted by atomic mass is 10.1. The van der Waals surface area contributed by atoms with Crippen LogP contribution in [0.5, 0.6) is 5.75 Å². The van der Waals surface area contributed by atoms with E-state index in [2.05, 4.69) is 41.6 Å². The van der Waals surface area contributed by atoms with Gasteiger partial charge in [0.15, 0.2) is 14.4 Å². The van der Waals surface area contributed by atoms with E-state index in [-0.39, 0.29) is 0 Å². The van der Waals surface area contributed by atoms with Gasteiger partial charge < -0.3 is 9.16 Å². The van der Waals surface area contributed by atoms with Gasteiger partial charge in [0.05, 0.1) is 17.7 Å². The summed E-state index contributed by atoms with van der Waals surface area (Å²) in [4.78, 5) is 0. The molecule has 0 radical (unpaired) electrons. The average molecular weight is 314 g/mol. The minimum Gasteiger partial charge on any atom is -0.496 e. The molecule has 0 aliphatic carbocycles. The van der Waals surface area contributed by atoms with Crippen LogP contribution in [0.15, 0.2) is 22.7 Å². The first-order valence-corrected chi connectivity index (χ1v) is 9.48. The van der Waals surface area contributed by atoms with Gasteiger partial charge in [0, 0.05) is 0 Å². The Hall–Kier alpha value is -0.833. The van der Waals surface area contributed by atoms with Crippen LogP contribution in [0.4, 0.5) is 0 Å². The normalized spacial score (nSPS) is 12.9. The number of benzene rings is 1. The van der Waals surface area contributed by atoms with E-state index >= 15 is 0 Å². The standard InChI is InChI=1S/C12H16BrNO2Si/c1-15-11-6-5-9(7-10(11)13)12(8-14)16-17(2,3)4/h5-7,12H,1-4H3/t12-/m1/s1. The van der Waals surface area contributed by atoms with Crippen LogP contribution < -0.4 is 4.74 Å². The monoisotopic (exact) mass is 313 g/mol. The van der Waals surface area contributed by atoms with Gasteiger partial charge in [-0.3, -0.25) is 0 Å². The average Bonchev–Trinajstić information content (AvgIpc) is 2.24. The number of hydrogen-bond donors (Lipinski definition) is 0. The maximum Gasteiger partial charge on any atom is 0.186 e. The Morgan fingerprint density at radius 1 is 1.35 bits per heavy atom. The molecule has 0 aliphatic rings. The van der Waals surface area contributed by atoms with Gasteiger partial charge in [-0.15, -0.1) is 0 Å². The molecule has 0 saturated carbocycles. The lowest BCUT2D eigenvalue weighted by molar-refractivity contribution is 0.255. The van der Waals surface area contributed by atoms with Crippen molar-refractivity contribution in [1.29, 1.82) is 5.26 Å². The fourth-order valence-corrected chi connectivity index (χ4v) is 2.82. The summed E-state index contributed by atoms with van der Waals surface area (Å²) in [6.45, 7) is 6.20. The zero-order valence-electron chi connectivity index (χ0n) is 10.5. The van der Waals surface area contributed by atoms with Gasteiger partial charge in [-0.25, -0.2) is 0 Å². The molecule has 0 spiro atoms. The molecule has 17 heavy (non-hydrogen) atoms. The number of ether oxygens (including phenoxy) is 1. The third-order valence-electron chi connectivity index (χ3n) is 2.07. The Morgan fingerprint density at radius 2 is 2.00 bits per heavy atom. The van der Waals surface area contributed by atoms with Crippen molar-refractivity contribution in [3.63, 3.8) is 0 Å². The van der Waals surface area contributed by atoms with Crippen molar-refractivity contribution in [2.75, 3.05) is 7.11 Å². The minimum atomic E-state index is -1.73. The highest BCUT2D eigenvalue weighted by Crippen LogP contribution is 2.30. The number of nitriles is 1. The molecule has 0 saturated heterocycles. The number of rotatable bonds is 4. The van der Waals surface area contributed by atoms with E-state index < -0.39 is 14.4 Å². The van der Waals surface area contributed by atoms with Gasteiger partial charge in [-0.1, -0.05) is 6.07 Å². The second-order valence-electron chi connectivity index (χ2n) is 4.63. The van der Waals surface area contributed by atoms with Gasteiger partial charge >= 0.3 is 0 Å². The van der Waals surface area contributed by atoms with Crippen LogP contribution in [0.25, 0.3) is 0 Å². The molecule has 1 aromatic rings. The van der Waals surface area contributed by atoms with Gasteiger partial charge in [-0.05, 0) is 53.3 Å². The first-order valence-electron chi connectivity index (χ1n) is 5.28. The molecule has 0 bridgehead atoms. The van der Waals surface area contributed by atoms with Crippen molar-refractivity contribution in [3.05, 3.63) is 28.2 Å². The summed E-state index contributed by atoms with van der Waals surface area (Å²) in [6.07, 6.45) is -0.510. The fourth-order valence-electron chi connectivity index (χ4n) is 1.37. The smallest absolute Gasteiger partial charge is 0.186 e. The SMILES string of the molecule is COc1ccc([C@@H](C#N)O[Si](C)(C)C)cc1Br. The molecule has 3 nitrogen and oxygen atoms in total. The van der Waals surface area contributed by atoms with Crippen LogP contribution in [0.3, 0.4) is 0 Å². The Labute approximate surface area is 112 Å². The van der Waals surface area contributed by atoms with Crippen molar-refractivity contribution in [1.82, 2.24) is 0 Å². The molecule has 0 heterocycles. The van der Waals surface area contributed by atoms with Crippen molar-refractivity contribution in [3.8, 4) is 11.8 Å². The minimum absolute atomic E-state index is 0.510. The van der Waals surface area contributed by atoms with E-state index in [0.29, 0.717) is 0 Å². The molecule has 0 unspecified atom stereocenters. The predicted octanol–water partition coefficient (Wildman–Crippen LogP) is 3.87. The summed E-state index contributed by atoms with van der Waals surface area (Å²) in [5.41, 5.74) is 0.850. The molecule has 92 valence electrons. The van der Waals surface area contributed by atoms with E-state index in [0.717, 1.165) is 15.8 Å². The first kappa shape index (κ1) is 14.2. The molecular weight excluding hydrogens is 298 g/mol. The molecule has 1 aromatic carbocycles. The lowest BCUT2D eigenvalue weighted by Gasteiger charge is -2.22. The van der Waals surface area contributed by atoms with Crippen LogP contribution in [0, 0.1) is 11.3 Å². The third kappa shape index (κ3) is 4.15. The molecular formula is C12H16BrNO2Si. The van der Waals surface area contributed by atoms with Crippen molar-refractivity contribution < 1.29 is 9.16 Å². The van der Waals surface area contributed by atoms with Crippen LogP contribution in [0.1, 0.15) is 11.7 Å². The Morgan fingerprint density at radius 3 is 2.41 bits per heavy atom. The van der Waals surface area contributed by atoms with Gasteiger partial charge in [0.2, 0.25) is 0 Å². The van der Waals surface area contributed by atoms with Gasteiger partial charge in [-0.2, -0.15) is 5.26 Å². The third-order valence-corrected chi connectivity index (χ3v) is 3.63. The predicted molar refractivity (Wildman–Crippen MR) is 73.5 cm³/mol. The Kier molecular flexibility index (Phi) is 4.75. The van der Waals surface area contributed by atoms with E-state index in [1.807, 2.05) is 18.2 Å². The summed E-state index contributed by atoms with van der Waals surface area (Å²) >= 11 is 3.41. The topological polar surface area (TPSA) is 42.2 Å². The molecule has 0 fully saturated rings. The molecule has 1 atom stereocenters. The molecule has 0 amide bonds. The lowest BCUT2D eigenvalue weighted by Crippen LogP contribution is -2.27. The van der Waals surface area contributed by atoms with E-state index in [4.69, 9.17) is 14.4 Å². The first-order chi connectivity index (χ1) is 7.87. The van der Waals surface area contributed by atoms with Crippen LogP contribution >= 0.6 is 15.9 Å². The number of halogens is 1. The molecule has 0 aromatic heterocycles. The second-order valence-corrected chi connectivity index (χ2v) is 9.95. The van der Waals surface area contributed by atoms with E-state index in [9.17, 15) is 0 Å². The summed E-state index contributed by atoms with van der Waals surface area (Å²) in [5.74, 6) is 0.749. The fraction of sp³-hybridized carbons (Fsp3) is 0.417. The summed E-state index contributed by atoms with van der Waals surface area (Å²) in [6, 6.07) is 7.75. The highest BCUT2D eigenvalue weighted by atomic mass is 79.9. The van der Waals surface area contributed by atoms with E-state index in [1.165, 1.54) is 0 Å². The zero-order chi connectivity index (χ0) is 13.1. The van der Waals surface area contributed by atoms with Crippen LogP contribution in [-0.4, -0.2) is 15.4 Å². The van der Waals surface area contributed by atoms with Gasteiger partial charge in [0.1, 0.15) is 5.75 Å². The Balaban J connectivity index is 2.98. The van der Waals surface area contributed by atoms with Crippen LogP contribution in [0.2, 0.25) is 19.6 Å². The van der Waals surface area contributed by atoms with Crippen LogP contribution in [-0.2, 0) is 4.43 Å². The maximum atomic E-state index is 9.16. The molecule has 0 aliphatic heterocycles. The number of hydrogen-bond acceptors (Lipinski definition) is 3. The number of nitrogens with zero attached hydrogens (tertiary/aromatic N) is 1. The van der Waals surface area contributed by atoms with Gasteiger partial charge in [0.25, 0.3) is 0 Å². The maximum absolute atomic E-state index is 9.16. The van der Waals surface area contributed by atoms with Crippen molar-refractivity contribution >= 4 is 24.2 Å². The summed E-state index contributed by atoms with van der Waals surface area (Å²) in [7, 11) is -0.121. The quantitative estimate of drug-likeness (QED) is 0.792. The number of methoxy groups -OCH3 is 1. The molecule has 0 N–H and O–H groups in total.